The largest absolute Gasteiger partial charge is 0.463 e. The maximum atomic E-state index is 12.6. The zero-order chi connectivity index (χ0) is 22.5. The maximum Gasteiger partial charge on any atom is 0.418 e. The first-order chi connectivity index (χ1) is 15.3. The number of nitrogen functional groups attached to an aromatic ring is 1. The molecule has 0 fully saturated rings. The first-order valence-corrected chi connectivity index (χ1v) is 10.0. The van der Waals surface area contributed by atoms with E-state index in [9.17, 15) is 4.79 Å². The van der Waals surface area contributed by atoms with Crippen LogP contribution in [0.1, 0.15) is 26.3 Å². The molecule has 0 aliphatic heterocycles. The third kappa shape index (κ3) is 3.55. The van der Waals surface area contributed by atoms with Crippen molar-refractivity contribution in [2.45, 2.75) is 32.9 Å². The Bertz CT molecular complexity index is 1440. The molecule has 0 saturated carbocycles. The van der Waals surface area contributed by atoms with Gasteiger partial charge in [-0.3, -0.25) is 4.57 Å². The van der Waals surface area contributed by atoms with E-state index in [0.29, 0.717) is 29.2 Å². The van der Waals surface area contributed by atoms with Gasteiger partial charge < -0.3 is 14.9 Å². The van der Waals surface area contributed by atoms with Crippen molar-refractivity contribution in [2.75, 3.05) is 5.73 Å². The van der Waals surface area contributed by atoms with Gasteiger partial charge in [-0.2, -0.15) is 4.98 Å². The molecule has 4 aromatic heterocycles. The second kappa shape index (κ2) is 7.19. The molecule has 0 aliphatic rings. The number of benzene rings is 1. The molecule has 0 amide bonds. The van der Waals surface area contributed by atoms with Crippen LogP contribution < -0.4 is 5.73 Å². The van der Waals surface area contributed by atoms with Gasteiger partial charge in [0.05, 0.1) is 18.3 Å². The molecule has 5 rings (SSSR count). The van der Waals surface area contributed by atoms with E-state index in [0.717, 1.165) is 16.5 Å². The van der Waals surface area contributed by atoms with Crippen molar-refractivity contribution in [1.82, 2.24) is 29.5 Å². The molecule has 1 aromatic carbocycles. The van der Waals surface area contributed by atoms with Gasteiger partial charge in [-0.25, -0.2) is 14.5 Å². The molecule has 10 nitrogen and oxygen atoms in total. The summed E-state index contributed by atoms with van der Waals surface area (Å²) in [6, 6.07) is 11.2. The van der Waals surface area contributed by atoms with Crippen molar-refractivity contribution >= 4 is 34.1 Å². The average molecular weight is 431 g/mol. The summed E-state index contributed by atoms with van der Waals surface area (Å²) >= 11 is 0. The van der Waals surface area contributed by atoms with Gasteiger partial charge >= 0.3 is 6.09 Å². The molecule has 2 N–H and O–H groups in total. The van der Waals surface area contributed by atoms with Gasteiger partial charge in [-0.05, 0) is 50.6 Å². The maximum absolute atomic E-state index is 12.6. The van der Waals surface area contributed by atoms with Gasteiger partial charge in [-0.15, -0.1) is 5.10 Å². The summed E-state index contributed by atoms with van der Waals surface area (Å²) in [5.74, 6) is 0.634. The summed E-state index contributed by atoms with van der Waals surface area (Å²) in [7, 11) is 0. The van der Waals surface area contributed by atoms with Crippen molar-refractivity contribution in [3.63, 3.8) is 0 Å². The van der Waals surface area contributed by atoms with Crippen molar-refractivity contribution in [3.05, 3.63) is 54.4 Å². The summed E-state index contributed by atoms with van der Waals surface area (Å²) in [6.07, 6.45) is 2.83. The second-order valence-electron chi connectivity index (χ2n) is 8.39. The molecule has 4 heterocycles. The van der Waals surface area contributed by atoms with E-state index >= 15 is 0 Å². The lowest BCUT2D eigenvalue weighted by Crippen LogP contribution is -2.26. The van der Waals surface area contributed by atoms with E-state index in [4.69, 9.17) is 14.9 Å². The highest BCUT2D eigenvalue weighted by Crippen LogP contribution is 2.26. The minimum atomic E-state index is -0.587. The van der Waals surface area contributed by atoms with Crippen LogP contribution in [0.25, 0.3) is 33.5 Å². The number of anilines is 1. The SMILES string of the molecule is CC(C)(C)OC(=O)n1ccc2ccc(Cn3nnc4c(-c5ccco5)nc(N)nc43)cc21. The number of carbonyl (C=O) groups is 1. The Morgan fingerprint density at radius 3 is 2.78 bits per heavy atom. The van der Waals surface area contributed by atoms with Gasteiger partial charge in [-0.1, -0.05) is 17.3 Å². The average Bonchev–Trinajstić information content (AvgIpc) is 3.46. The fourth-order valence-corrected chi connectivity index (χ4v) is 3.48. The molecule has 0 spiro atoms. The van der Waals surface area contributed by atoms with Crippen LogP contribution in [0.15, 0.2) is 53.3 Å². The van der Waals surface area contributed by atoms with Crippen LogP contribution in [0.5, 0.6) is 0 Å². The molecular formula is C22H21N7O3. The Balaban J connectivity index is 1.52. The zero-order valence-electron chi connectivity index (χ0n) is 17.8. The van der Waals surface area contributed by atoms with Crippen LogP contribution in [0, 0.1) is 0 Å². The molecule has 0 radical (unpaired) electrons. The Morgan fingerprint density at radius 1 is 1.19 bits per heavy atom. The molecule has 5 aromatic rings. The van der Waals surface area contributed by atoms with Crippen molar-refractivity contribution < 1.29 is 13.9 Å². The topological polar surface area (TPSA) is 127 Å². The fraction of sp³-hybridized carbons (Fsp3) is 0.227. The number of rotatable bonds is 3. The Kier molecular flexibility index (Phi) is 4.43. The molecule has 0 saturated heterocycles. The minimum absolute atomic E-state index is 0.0988. The Labute approximate surface area is 182 Å². The summed E-state index contributed by atoms with van der Waals surface area (Å²) in [5, 5.41) is 9.41. The smallest absolute Gasteiger partial charge is 0.418 e. The molecule has 162 valence electrons. The van der Waals surface area contributed by atoms with E-state index in [2.05, 4.69) is 20.3 Å². The molecule has 0 unspecified atom stereocenters. The third-order valence-corrected chi connectivity index (χ3v) is 4.81. The zero-order valence-corrected chi connectivity index (χ0v) is 17.8. The van der Waals surface area contributed by atoms with Crippen LogP contribution in [-0.4, -0.2) is 41.2 Å². The molecule has 32 heavy (non-hydrogen) atoms. The number of aromatic nitrogens is 6. The van der Waals surface area contributed by atoms with Gasteiger partial charge in [0.25, 0.3) is 0 Å². The normalized spacial score (nSPS) is 12.0. The minimum Gasteiger partial charge on any atom is -0.463 e. The van der Waals surface area contributed by atoms with Crippen LogP contribution in [-0.2, 0) is 11.3 Å². The first kappa shape index (κ1) is 19.7. The van der Waals surface area contributed by atoms with Crippen LogP contribution in [0.3, 0.4) is 0 Å². The lowest BCUT2D eigenvalue weighted by molar-refractivity contribution is 0.0544. The number of carbonyl (C=O) groups excluding carboxylic acids is 1. The second-order valence-corrected chi connectivity index (χ2v) is 8.39. The molecule has 0 aliphatic carbocycles. The summed E-state index contributed by atoms with van der Waals surface area (Å²) in [6.45, 7) is 5.88. The highest BCUT2D eigenvalue weighted by Gasteiger charge is 2.20. The molecule has 10 heteroatoms. The van der Waals surface area contributed by atoms with E-state index in [1.54, 1.807) is 29.3 Å². The van der Waals surface area contributed by atoms with Gasteiger partial charge in [0.15, 0.2) is 16.9 Å². The number of ether oxygens (including phenoxy) is 1. The monoisotopic (exact) mass is 431 g/mol. The lowest BCUT2D eigenvalue weighted by Gasteiger charge is -2.19. The number of nitrogens with zero attached hydrogens (tertiary/aromatic N) is 6. The van der Waals surface area contributed by atoms with Crippen LogP contribution >= 0.6 is 0 Å². The predicted molar refractivity (Wildman–Crippen MR) is 118 cm³/mol. The van der Waals surface area contributed by atoms with Crippen molar-refractivity contribution in [1.29, 1.82) is 0 Å². The fourth-order valence-electron chi connectivity index (χ4n) is 3.48. The van der Waals surface area contributed by atoms with Gasteiger partial charge in [0, 0.05) is 11.6 Å². The number of hydrogen-bond donors (Lipinski definition) is 1. The number of furan rings is 1. The third-order valence-electron chi connectivity index (χ3n) is 4.81. The lowest BCUT2D eigenvalue weighted by atomic mass is 10.1. The number of fused-ring (bicyclic) bond motifs is 2. The van der Waals surface area contributed by atoms with E-state index < -0.39 is 11.7 Å². The molecular weight excluding hydrogens is 410 g/mol. The van der Waals surface area contributed by atoms with Crippen LogP contribution in [0.4, 0.5) is 10.7 Å². The summed E-state index contributed by atoms with van der Waals surface area (Å²) in [4.78, 5) is 21.2. The number of hydrogen-bond acceptors (Lipinski definition) is 8. The molecule has 0 bridgehead atoms. The van der Waals surface area contributed by atoms with Crippen molar-refractivity contribution in [2.24, 2.45) is 0 Å². The Morgan fingerprint density at radius 2 is 2.03 bits per heavy atom. The van der Waals surface area contributed by atoms with Crippen LogP contribution in [0.2, 0.25) is 0 Å². The first-order valence-electron chi connectivity index (χ1n) is 10.0. The van der Waals surface area contributed by atoms with Gasteiger partial charge in [0.2, 0.25) is 5.95 Å². The van der Waals surface area contributed by atoms with Gasteiger partial charge in [0.1, 0.15) is 11.3 Å². The highest BCUT2D eigenvalue weighted by atomic mass is 16.6. The van der Waals surface area contributed by atoms with E-state index in [-0.39, 0.29) is 5.95 Å². The van der Waals surface area contributed by atoms with E-state index in [1.165, 1.54) is 4.57 Å². The highest BCUT2D eigenvalue weighted by molar-refractivity contribution is 5.90. The number of nitrogens with two attached hydrogens (primary N) is 1. The standard InChI is InChI=1S/C22H21N7O3/c1-22(2,3)32-21(30)28-9-8-14-7-6-13(11-15(14)28)12-29-19-18(26-27-29)17(24-20(23)25-19)16-5-4-10-31-16/h4-11H,12H2,1-3H3,(H2,23,24,25). The Hall–Kier alpha value is -4.21. The summed E-state index contributed by atoms with van der Waals surface area (Å²) in [5.41, 5.74) is 8.46. The van der Waals surface area contributed by atoms with E-state index in [1.807, 2.05) is 45.0 Å². The summed E-state index contributed by atoms with van der Waals surface area (Å²) < 4.78 is 14.1. The predicted octanol–water partition coefficient (Wildman–Crippen LogP) is 3.85. The molecule has 0 atom stereocenters. The van der Waals surface area contributed by atoms with Crippen molar-refractivity contribution in [3.8, 4) is 11.5 Å². The quantitative estimate of drug-likeness (QED) is 0.456.